The highest BCUT2D eigenvalue weighted by molar-refractivity contribution is 5.78. The van der Waals surface area contributed by atoms with E-state index in [9.17, 15) is 20.0 Å². The Morgan fingerprint density at radius 2 is 1.73 bits per heavy atom. The second-order valence-electron chi connectivity index (χ2n) is 6.40. The Bertz CT molecular complexity index is 755. The summed E-state index contributed by atoms with van der Waals surface area (Å²) < 4.78 is 5.10. The van der Waals surface area contributed by atoms with E-state index in [4.69, 9.17) is 4.74 Å². The van der Waals surface area contributed by atoms with Gasteiger partial charge in [-0.3, -0.25) is 14.9 Å². The fourth-order valence-corrected chi connectivity index (χ4v) is 2.52. The van der Waals surface area contributed by atoms with Crippen LogP contribution >= 0.6 is 0 Å². The molecule has 1 unspecified atom stereocenters. The van der Waals surface area contributed by atoms with Crippen LogP contribution in [0.1, 0.15) is 18.1 Å². The van der Waals surface area contributed by atoms with Gasteiger partial charge in [0, 0.05) is 25.1 Å². The lowest BCUT2D eigenvalue weighted by molar-refractivity contribution is -0.384. The molecule has 138 valence electrons. The first-order valence-corrected chi connectivity index (χ1v) is 8.14. The molecule has 2 rings (SSSR count). The largest absolute Gasteiger partial charge is 0.497 e. The van der Waals surface area contributed by atoms with E-state index >= 15 is 0 Å². The van der Waals surface area contributed by atoms with Crippen molar-refractivity contribution in [3.05, 3.63) is 69.8 Å². The van der Waals surface area contributed by atoms with Crippen molar-refractivity contribution in [2.24, 2.45) is 0 Å². The molecule has 0 heterocycles. The summed E-state index contributed by atoms with van der Waals surface area (Å²) in [6.45, 7) is 1.76. The predicted molar refractivity (Wildman–Crippen MR) is 97.1 cm³/mol. The molecule has 2 N–H and O–H groups in total. The first kappa shape index (κ1) is 19.4. The fraction of sp³-hybridized carbons (Fsp3) is 0.316. The number of rotatable bonds is 8. The maximum atomic E-state index is 12.0. The molecule has 0 aliphatic heterocycles. The highest BCUT2D eigenvalue weighted by Crippen LogP contribution is 2.17. The summed E-state index contributed by atoms with van der Waals surface area (Å²) in [5.41, 5.74) is 0.486. The zero-order valence-electron chi connectivity index (χ0n) is 14.8. The summed E-state index contributed by atoms with van der Waals surface area (Å²) in [6, 6.07) is 13.2. The number of methoxy groups -OCH3 is 1. The molecular weight excluding hydrogens is 336 g/mol. The number of nitro groups is 1. The third kappa shape index (κ3) is 5.86. The number of benzene rings is 2. The first-order valence-electron chi connectivity index (χ1n) is 8.14. The van der Waals surface area contributed by atoms with Crippen LogP contribution in [0, 0.1) is 10.1 Å². The number of hydrogen-bond acceptors (Lipinski definition) is 5. The lowest BCUT2D eigenvalue weighted by atomic mass is 9.96. The number of ether oxygens (including phenoxy) is 1. The lowest BCUT2D eigenvalue weighted by Gasteiger charge is -2.24. The molecule has 0 fully saturated rings. The summed E-state index contributed by atoms with van der Waals surface area (Å²) in [4.78, 5) is 22.2. The minimum atomic E-state index is -1.10. The number of nitro benzene ring substituents is 1. The summed E-state index contributed by atoms with van der Waals surface area (Å²) in [6.07, 6.45) is 0.478. The number of nitrogens with one attached hydrogen (secondary N) is 1. The fourth-order valence-electron chi connectivity index (χ4n) is 2.52. The molecule has 7 nitrogen and oxygen atoms in total. The quantitative estimate of drug-likeness (QED) is 0.557. The van der Waals surface area contributed by atoms with Crippen LogP contribution in [0.5, 0.6) is 5.75 Å². The third-order valence-electron chi connectivity index (χ3n) is 3.92. The van der Waals surface area contributed by atoms with Gasteiger partial charge in [0.05, 0.1) is 24.1 Å². The van der Waals surface area contributed by atoms with Crippen molar-refractivity contribution in [2.45, 2.75) is 25.4 Å². The normalized spacial score (nSPS) is 12.9. The topological polar surface area (TPSA) is 102 Å². The minimum Gasteiger partial charge on any atom is -0.497 e. The molecule has 0 bridgehead atoms. The molecule has 1 amide bonds. The number of hydrogen-bond donors (Lipinski definition) is 2. The zero-order valence-corrected chi connectivity index (χ0v) is 14.8. The van der Waals surface area contributed by atoms with Gasteiger partial charge in [0.25, 0.3) is 5.69 Å². The molecule has 0 aliphatic carbocycles. The summed E-state index contributed by atoms with van der Waals surface area (Å²) >= 11 is 0. The van der Waals surface area contributed by atoms with E-state index < -0.39 is 10.5 Å². The minimum absolute atomic E-state index is 0.0171. The highest BCUT2D eigenvalue weighted by atomic mass is 16.6. The molecule has 0 saturated heterocycles. The number of carbonyl (C=O) groups is 1. The van der Waals surface area contributed by atoms with Gasteiger partial charge < -0.3 is 15.2 Å². The molecule has 7 heteroatoms. The van der Waals surface area contributed by atoms with Crippen LogP contribution in [0.25, 0.3) is 0 Å². The van der Waals surface area contributed by atoms with Crippen molar-refractivity contribution in [2.75, 3.05) is 13.7 Å². The third-order valence-corrected chi connectivity index (χ3v) is 3.92. The molecule has 26 heavy (non-hydrogen) atoms. The van der Waals surface area contributed by atoms with Crippen LogP contribution in [0.15, 0.2) is 48.5 Å². The second-order valence-corrected chi connectivity index (χ2v) is 6.40. The number of amides is 1. The van der Waals surface area contributed by atoms with E-state index in [1.165, 1.54) is 12.1 Å². The molecule has 0 aliphatic rings. The number of aliphatic hydroxyl groups is 1. The van der Waals surface area contributed by atoms with Gasteiger partial charge in [0.15, 0.2) is 0 Å². The van der Waals surface area contributed by atoms with E-state index in [1.54, 1.807) is 26.2 Å². The summed E-state index contributed by atoms with van der Waals surface area (Å²) in [5, 5.41) is 23.8. The Labute approximate surface area is 151 Å². The average Bonchev–Trinajstić information content (AvgIpc) is 2.61. The van der Waals surface area contributed by atoms with Crippen LogP contribution in [0.2, 0.25) is 0 Å². The SMILES string of the molecule is COc1ccc(CC(C)(O)CNC(=O)Cc2ccc([N+](=O)[O-])cc2)cc1. The maximum Gasteiger partial charge on any atom is 0.269 e. The van der Waals surface area contributed by atoms with Crippen molar-refractivity contribution in [3.63, 3.8) is 0 Å². The van der Waals surface area contributed by atoms with Crippen LogP contribution in [0.3, 0.4) is 0 Å². The van der Waals surface area contributed by atoms with E-state index in [0.717, 1.165) is 11.3 Å². The molecular formula is C19H22N2O5. The monoisotopic (exact) mass is 358 g/mol. The Kier molecular flexibility index (Phi) is 6.30. The Morgan fingerprint density at radius 3 is 2.27 bits per heavy atom. The second kappa shape index (κ2) is 8.44. The van der Waals surface area contributed by atoms with Crippen molar-refractivity contribution in [3.8, 4) is 5.75 Å². The Balaban J connectivity index is 1.85. The van der Waals surface area contributed by atoms with Crippen LogP contribution in [-0.4, -0.2) is 35.2 Å². The van der Waals surface area contributed by atoms with Crippen molar-refractivity contribution in [1.29, 1.82) is 0 Å². The van der Waals surface area contributed by atoms with Crippen molar-refractivity contribution >= 4 is 11.6 Å². The van der Waals surface area contributed by atoms with Crippen molar-refractivity contribution < 1.29 is 19.6 Å². The summed E-state index contributed by atoms with van der Waals surface area (Å²) in [5.74, 6) is 0.485. The Morgan fingerprint density at radius 1 is 1.15 bits per heavy atom. The highest BCUT2D eigenvalue weighted by Gasteiger charge is 2.22. The number of carbonyl (C=O) groups excluding carboxylic acids is 1. The van der Waals surface area contributed by atoms with Crippen LogP contribution in [0.4, 0.5) is 5.69 Å². The van der Waals surface area contributed by atoms with Gasteiger partial charge in [-0.15, -0.1) is 0 Å². The molecule has 0 spiro atoms. The number of non-ortho nitro benzene ring substituents is 1. The summed E-state index contributed by atoms with van der Waals surface area (Å²) in [7, 11) is 1.59. The molecule has 0 saturated carbocycles. The van der Waals surface area contributed by atoms with Crippen molar-refractivity contribution in [1.82, 2.24) is 5.32 Å². The van der Waals surface area contributed by atoms with E-state index in [2.05, 4.69) is 5.32 Å². The lowest BCUT2D eigenvalue weighted by Crippen LogP contribution is -2.42. The van der Waals surface area contributed by atoms with Gasteiger partial charge in [-0.2, -0.15) is 0 Å². The predicted octanol–water partition coefficient (Wildman–Crippen LogP) is 2.26. The molecule has 1 atom stereocenters. The van der Waals surface area contributed by atoms with E-state index in [-0.39, 0.29) is 24.6 Å². The standard InChI is InChI=1S/C19H22N2O5/c1-19(23,12-15-5-9-17(26-2)10-6-15)13-20-18(22)11-14-3-7-16(8-4-14)21(24)25/h3-10,23H,11-13H2,1-2H3,(H,20,22). The molecule has 0 radical (unpaired) electrons. The van der Waals surface area contributed by atoms with E-state index in [1.807, 2.05) is 24.3 Å². The molecule has 2 aromatic rings. The van der Waals surface area contributed by atoms with E-state index in [0.29, 0.717) is 12.0 Å². The first-order chi connectivity index (χ1) is 12.3. The van der Waals surface area contributed by atoms with Gasteiger partial charge in [0.1, 0.15) is 5.75 Å². The number of nitrogens with zero attached hydrogens (tertiary/aromatic N) is 1. The van der Waals surface area contributed by atoms with Crippen LogP contribution in [-0.2, 0) is 17.6 Å². The van der Waals surface area contributed by atoms with Gasteiger partial charge in [-0.1, -0.05) is 24.3 Å². The zero-order chi connectivity index (χ0) is 19.2. The van der Waals surface area contributed by atoms with Gasteiger partial charge in [0.2, 0.25) is 5.91 Å². The van der Waals surface area contributed by atoms with Gasteiger partial charge in [-0.05, 0) is 30.2 Å². The maximum absolute atomic E-state index is 12.0. The Hall–Kier alpha value is -2.93. The van der Waals surface area contributed by atoms with Crippen LogP contribution < -0.4 is 10.1 Å². The molecule has 2 aromatic carbocycles. The smallest absolute Gasteiger partial charge is 0.269 e. The molecule has 0 aromatic heterocycles. The average molecular weight is 358 g/mol. The van der Waals surface area contributed by atoms with Gasteiger partial charge >= 0.3 is 0 Å². The van der Waals surface area contributed by atoms with Gasteiger partial charge in [-0.25, -0.2) is 0 Å².